The van der Waals surface area contributed by atoms with Crippen molar-refractivity contribution in [3.8, 4) is 0 Å². The van der Waals surface area contributed by atoms with Crippen LogP contribution in [0.15, 0.2) is 142 Å². The minimum absolute atomic E-state index is 0.0287. The van der Waals surface area contributed by atoms with Crippen molar-refractivity contribution in [2.45, 2.75) is 96.9 Å². The molecule has 2 heterocycles. The normalized spacial score (nSPS) is 22.7. The van der Waals surface area contributed by atoms with Gasteiger partial charge in [0.2, 0.25) is 0 Å². The molecule has 2 aliphatic heterocycles. The lowest BCUT2D eigenvalue weighted by molar-refractivity contribution is 0.235. The molecule has 0 aromatic heterocycles. The third kappa shape index (κ3) is 6.54. The number of allylic oxidation sites excluding steroid dienone is 9. The zero-order valence-corrected chi connectivity index (χ0v) is 30.1. The minimum Gasteiger partial charge on any atom is -0.364 e. The van der Waals surface area contributed by atoms with E-state index in [4.69, 9.17) is 0 Å². The molecule has 1 aliphatic carbocycles. The lowest BCUT2D eigenvalue weighted by Gasteiger charge is -2.34. The fourth-order valence-corrected chi connectivity index (χ4v) is 8.82. The van der Waals surface area contributed by atoms with Crippen LogP contribution in [0.4, 0.5) is 5.69 Å². The van der Waals surface area contributed by atoms with Crippen LogP contribution in [-0.4, -0.2) is 24.0 Å². The summed E-state index contributed by atoms with van der Waals surface area (Å²) >= 11 is 1.93. The van der Waals surface area contributed by atoms with E-state index in [1.807, 2.05) is 11.8 Å². The summed E-state index contributed by atoms with van der Waals surface area (Å²) in [5.41, 5.74) is 9.69. The topological polar surface area (TPSA) is 6.48 Å². The molecule has 242 valence electrons. The molecule has 1 unspecified atom stereocenters. The number of benzene rings is 2. The first-order valence-electron chi connectivity index (χ1n) is 17.4. The van der Waals surface area contributed by atoms with Crippen LogP contribution in [0.25, 0.3) is 0 Å². The summed E-state index contributed by atoms with van der Waals surface area (Å²) in [7, 11) is 0. The van der Waals surface area contributed by atoms with Crippen LogP contribution in [0.5, 0.6) is 0 Å². The van der Waals surface area contributed by atoms with E-state index in [-0.39, 0.29) is 16.9 Å². The number of hydrogen-bond acceptors (Lipinski definition) is 3. The fraction of sp³-hybridized carbons (Fsp3) is 0.395. The van der Waals surface area contributed by atoms with Gasteiger partial charge in [0, 0.05) is 50.8 Å². The highest BCUT2D eigenvalue weighted by molar-refractivity contribution is 8.03. The number of para-hydroxylation sites is 1. The molecule has 0 N–H and O–H groups in total. The summed E-state index contributed by atoms with van der Waals surface area (Å²) in [6, 6.07) is 20.2. The van der Waals surface area contributed by atoms with E-state index in [2.05, 4.69) is 162 Å². The molecule has 0 saturated carbocycles. The van der Waals surface area contributed by atoms with E-state index in [1.165, 1.54) is 55.6 Å². The zero-order chi connectivity index (χ0) is 32.9. The second-order valence-corrected chi connectivity index (χ2v) is 15.0. The maximum Gasteiger partial charge on any atom is 0.0568 e. The average Bonchev–Trinajstić information content (AvgIpc) is 3.38. The van der Waals surface area contributed by atoms with Crippen molar-refractivity contribution in [2.75, 3.05) is 18.0 Å². The summed E-state index contributed by atoms with van der Waals surface area (Å²) in [5.74, 6) is 0. The standard InChI is InChI=1S/C43H54N2S/c1-9-19-37-35(12-4)42(5,6)39(44(37)30-10-2)28-26-32-20-18-21-33(41(32)46-34-22-14-13-15-23-34)27-29-40-43(7,8)36-24-16-17-25-38(36)45(40)31-11-3/h9,12-17,19,22-29,39H,4,10-11,18,20-21,30-31H2,1-3,5-8H3/b19-9-,28-26+,33-27+,40-29-. The summed E-state index contributed by atoms with van der Waals surface area (Å²) in [6.07, 6.45) is 22.0. The summed E-state index contributed by atoms with van der Waals surface area (Å²) in [6.45, 7) is 22.5. The Labute approximate surface area is 284 Å². The van der Waals surface area contributed by atoms with Crippen molar-refractivity contribution in [3.63, 3.8) is 0 Å². The van der Waals surface area contributed by atoms with Gasteiger partial charge in [-0.25, -0.2) is 0 Å². The number of anilines is 1. The Hall–Kier alpha value is -3.43. The van der Waals surface area contributed by atoms with Gasteiger partial charge in [-0.3, -0.25) is 0 Å². The van der Waals surface area contributed by atoms with E-state index < -0.39 is 0 Å². The summed E-state index contributed by atoms with van der Waals surface area (Å²) in [4.78, 5) is 7.87. The largest absolute Gasteiger partial charge is 0.364 e. The van der Waals surface area contributed by atoms with E-state index in [1.54, 1.807) is 0 Å². The number of fused-ring (bicyclic) bond motifs is 1. The summed E-state index contributed by atoms with van der Waals surface area (Å²) < 4.78 is 0. The van der Waals surface area contributed by atoms with Gasteiger partial charge in [-0.15, -0.1) is 0 Å². The van der Waals surface area contributed by atoms with E-state index >= 15 is 0 Å². The molecule has 2 aromatic carbocycles. The lowest BCUT2D eigenvalue weighted by atomic mass is 9.79. The predicted molar refractivity (Wildman–Crippen MR) is 202 cm³/mol. The Morgan fingerprint density at radius 2 is 1.61 bits per heavy atom. The molecule has 3 aliphatic rings. The van der Waals surface area contributed by atoms with Crippen LogP contribution in [-0.2, 0) is 5.41 Å². The third-order valence-electron chi connectivity index (χ3n) is 9.96. The van der Waals surface area contributed by atoms with Gasteiger partial charge in [-0.2, -0.15) is 0 Å². The first-order chi connectivity index (χ1) is 22.2. The van der Waals surface area contributed by atoms with Gasteiger partial charge in [0.05, 0.1) is 6.04 Å². The van der Waals surface area contributed by atoms with Gasteiger partial charge in [0.15, 0.2) is 0 Å². The smallest absolute Gasteiger partial charge is 0.0568 e. The quantitative estimate of drug-likeness (QED) is 0.244. The SMILES string of the molecule is C=CC1=C(/C=C\C)N(CCC)C(/C=C/C2=C(Sc3ccccc3)C(=C/C=C3\N(CCC)c4ccccc4C3(C)C)/CCC2)C1(C)C. The third-order valence-corrected chi connectivity index (χ3v) is 11.2. The Kier molecular flexibility index (Phi) is 10.7. The molecular weight excluding hydrogens is 577 g/mol. The Morgan fingerprint density at radius 3 is 2.30 bits per heavy atom. The Bertz CT molecular complexity index is 1590. The molecular formula is C43H54N2S. The number of rotatable bonds is 11. The van der Waals surface area contributed by atoms with Crippen LogP contribution in [0.2, 0.25) is 0 Å². The summed E-state index contributed by atoms with van der Waals surface area (Å²) in [5, 5.41) is 0. The number of hydrogen-bond donors (Lipinski definition) is 0. The van der Waals surface area contributed by atoms with Gasteiger partial charge in [-0.1, -0.05) is 127 Å². The van der Waals surface area contributed by atoms with Crippen molar-refractivity contribution >= 4 is 17.4 Å². The van der Waals surface area contributed by atoms with E-state index in [0.29, 0.717) is 0 Å². The Balaban J connectivity index is 1.58. The van der Waals surface area contributed by atoms with Crippen molar-refractivity contribution in [3.05, 3.63) is 142 Å². The molecule has 2 nitrogen and oxygen atoms in total. The van der Waals surface area contributed by atoms with Crippen molar-refractivity contribution in [1.29, 1.82) is 0 Å². The molecule has 0 amide bonds. The second kappa shape index (κ2) is 14.6. The molecule has 1 atom stereocenters. The van der Waals surface area contributed by atoms with Gasteiger partial charge in [-0.05, 0) is 91.7 Å². The molecule has 46 heavy (non-hydrogen) atoms. The molecule has 5 rings (SSSR count). The lowest BCUT2D eigenvalue weighted by Crippen LogP contribution is -2.37. The number of thioether (sulfide) groups is 1. The second-order valence-electron chi connectivity index (χ2n) is 13.9. The molecule has 0 saturated heterocycles. The maximum atomic E-state index is 4.24. The van der Waals surface area contributed by atoms with Crippen LogP contribution in [0, 0.1) is 5.41 Å². The molecule has 3 heteroatoms. The zero-order valence-electron chi connectivity index (χ0n) is 29.3. The molecule has 0 fully saturated rings. The van der Waals surface area contributed by atoms with Gasteiger partial charge >= 0.3 is 0 Å². The highest BCUT2D eigenvalue weighted by Gasteiger charge is 2.43. The van der Waals surface area contributed by atoms with Gasteiger partial charge in [0.25, 0.3) is 0 Å². The van der Waals surface area contributed by atoms with Gasteiger partial charge in [0.1, 0.15) is 0 Å². The van der Waals surface area contributed by atoms with Crippen LogP contribution >= 0.6 is 11.8 Å². The van der Waals surface area contributed by atoms with Crippen LogP contribution in [0.1, 0.15) is 86.1 Å². The van der Waals surface area contributed by atoms with Crippen LogP contribution < -0.4 is 4.90 Å². The van der Waals surface area contributed by atoms with Crippen molar-refractivity contribution < 1.29 is 0 Å². The highest BCUT2D eigenvalue weighted by atomic mass is 32.2. The van der Waals surface area contributed by atoms with Gasteiger partial charge < -0.3 is 9.80 Å². The molecule has 0 bridgehead atoms. The monoisotopic (exact) mass is 630 g/mol. The number of nitrogens with zero attached hydrogens (tertiary/aromatic N) is 2. The fourth-order valence-electron chi connectivity index (χ4n) is 7.69. The highest BCUT2D eigenvalue weighted by Crippen LogP contribution is 2.49. The minimum atomic E-state index is -0.0338. The first kappa shape index (κ1) is 33.9. The van der Waals surface area contributed by atoms with E-state index in [9.17, 15) is 0 Å². The van der Waals surface area contributed by atoms with Crippen LogP contribution in [0.3, 0.4) is 0 Å². The van der Waals surface area contributed by atoms with Crippen molar-refractivity contribution in [2.24, 2.45) is 5.41 Å². The molecule has 2 aromatic rings. The first-order valence-corrected chi connectivity index (χ1v) is 18.2. The maximum absolute atomic E-state index is 4.24. The Morgan fingerprint density at radius 1 is 0.891 bits per heavy atom. The van der Waals surface area contributed by atoms with E-state index in [0.717, 1.165) is 38.8 Å². The molecule has 0 spiro atoms. The predicted octanol–water partition coefficient (Wildman–Crippen LogP) is 11.9. The molecule has 0 radical (unpaired) electrons. The average molecular weight is 631 g/mol. The van der Waals surface area contributed by atoms with Crippen molar-refractivity contribution in [1.82, 2.24) is 4.90 Å².